The lowest BCUT2D eigenvalue weighted by Gasteiger charge is -2.19. The van der Waals surface area contributed by atoms with Gasteiger partial charge in [-0.25, -0.2) is 0 Å². The Balaban J connectivity index is 2.79. The van der Waals surface area contributed by atoms with E-state index >= 15 is 0 Å². The van der Waals surface area contributed by atoms with Gasteiger partial charge < -0.3 is 10.6 Å². The number of rotatable bonds is 4. The van der Waals surface area contributed by atoms with Crippen LogP contribution in [0.15, 0.2) is 18.5 Å². The van der Waals surface area contributed by atoms with E-state index in [-0.39, 0.29) is 0 Å². The average Bonchev–Trinajstić information content (AvgIpc) is 2.25. The molecular formula is C10H14N4. The van der Waals surface area contributed by atoms with Crippen molar-refractivity contribution in [3.63, 3.8) is 0 Å². The second-order valence-electron chi connectivity index (χ2n) is 3.07. The summed E-state index contributed by atoms with van der Waals surface area (Å²) in [4.78, 5) is 6.00. The van der Waals surface area contributed by atoms with E-state index in [1.165, 1.54) is 0 Å². The van der Waals surface area contributed by atoms with Gasteiger partial charge in [0.2, 0.25) is 0 Å². The van der Waals surface area contributed by atoms with Gasteiger partial charge in [0.25, 0.3) is 0 Å². The van der Waals surface area contributed by atoms with Gasteiger partial charge in [-0.3, -0.25) is 4.98 Å². The Labute approximate surface area is 84.0 Å². The van der Waals surface area contributed by atoms with E-state index in [9.17, 15) is 0 Å². The van der Waals surface area contributed by atoms with Crippen molar-refractivity contribution < 1.29 is 0 Å². The Morgan fingerprint density at radius 2 is 2.43 bits per heavy atom. The molecule has 0 aliphatic rings. The van der Waals surface area contributed by atoms with Gasteiger partial charge in [0.05, 0.1) is 17.4 Å². The van der Waals surface area contributed by atoms with Crippen molar-refractivity contribution in [1.29, 1.82) is 5.26 Å². The van der Waals surface area contributed by atoms with Gasteiger partial charge in [-0.1, -0.05) is 0 Å². The minimum Gasteiger partial charge on any atom is -0.372 e. The Morgan fingerprint density at radius 1 is 1.64 bits per heavy atom. The normalized spacial score (nSPS) is 9.50. The van der Waals surface area contributed by atoms with Crippen LogP contribution in [0.1, 0.15) is 12.0 Å². The molecule has 1 aromatic heterocycles. The third-order valence-electron chi connectivity index (χ3n) is 2.03. The lowest BCUT2D eigenvalue weighted by Crippen LogP contribution is -2.21. The van der Waals surface area contributed by atoms with E-state index in [0.29, 0.717) is 12.1 Å². The Morgan fingerprint density at radius 3 is 3.07 bits per heavy atom. The molecule has 0 radical (unpaired) electrons. The molecule has 0 aliphatic carbocycles. The zero-order valence-corrected chi connectivity index (χ0v) is 8.27. The number of nitrogens with zero attached hydrogens (tertiary/aromatic N) is 3. The molecule has 1 aromatic rings. The van der Waals surface area contributed by atoms with E-state index in [1.54, 1.807) is 18.5 Å². The third-order valence-corrected chi connectivity index (χ3v) is 2.03. The number of anilines is 1. The van der Waals surface area contributed by atoms with Crippen LogP contribution in [0.5, 0.6) is 0 Å². The molecule has 4 nitrogen and oxygen atoms in total. The van der Waals surface area contributed by atoms with E-state index < -0.39 is 0 Å². The van der Waals surface area contributed by atoms with Gasteiger partial charge in [-0.15, -0.1) is 0 Å². The number of hydrogen-bond donors (Lipinski definition) is 1. The van der Waals surface area contributed by atoms with E-state index in [0.717, 1.165) is 18.7 Å². The molecule has 0 unspecified atom stereocenters. The largest absolute Gasteiger partial charge is 0.372 e. The summed E-state index contributed by atoms with van der Waals surface area (Å²) in [5, 5.41) is 8.86. The highest BCUT2D eigenvalue weighted by Gasteiger charge is 2.05. The van der Waals surface area contributed by atoms with Crippen LogP contribution in [0.4, 0.5) is 5.69 Å². The summed E-state index contributed by atoms with van der Waals surface area (Å²) in [6, 6.07) is 3.86. The maximum atomic E-state index is 8.86. The van der Waals surface area contributed by atoms with Crippen LogP contribution < -0.4 is 10.6 Å². The minimum absolute atomic E-state index is 0.652. The maximum absolute atomic E-state index is 8.86. The van der Waals surface area contributed by atoms with Gasteiger partial charge in [0, 0.05) is 19.8 Å². The van der Waals surface area contributed by atoms with Crippen molar-refractivity contribution in [3.8, 4) is 6.07 Å². The summed E-state index contributed by atoms with van der Waals surface area (Å²) in [6.45, 7) is 1.50. The monoisotopic (exact) mass is 190 g/mol. The quantitative estimate of drug-likeness (QED) is 0.760. The summed E-state index contributed by atoms with van der Waals surface area (Å²) in [5.74, 6) is 0. The first-order valence-corrected chi connectivity index (χ1v) is 4.55. The number of hydrogen-bond acceptors (Lipinski definition) is 4. The van der Waals surface area contributed by atoms with Crippen molar-refractivity contribution >= 4 is 5.69 Å². The van der Waals surface area contributed by atoms with Crippen molar-refractivity contribution in [3.05, 3.63) is 24.0 Å². The number of aromatic nitrogens is 1. The highest BCUT2D eigenvalue weighted by atomic mass is 15.1. The molecule has 14 heavy (non-hydrogen) atoms. The van der Waals surface area contributed by atoms with Gasteiger partial charge >= 0.3 is 0 Å². The summed E-state index contributed by atoms with van der Waals surface area (Å²) in [6.07, 6.45) is 4.24. The molecule has 2 N–H and O–H groups in total. The number of nitriles is 1. The standard InChI is InChI=1S/C10H14N4/c1-14(6-2-4-11)10-8-13-5-3-9(10)7-12/h3,5,8H,2,4,6,11H2,1H3. The molecule has 0 amide bonds. The molecule has 0 aromatic carbocycles. The minimum atomic E-state index is 0.652. The fourth-order valence-corrected chi connectivity index (χ4v) is 1.23. The van der Waals surface area contributed by atoms with Crippen LogP contribution in [0.2, 0.25) is 0 Å². The highest BCUT2D eigenvalue weighted by molar-refractivity contribution is 5.56. The van der Waals surface area contributed by atoms with Crippen LogP contribution in [-0.2, 0) is 0 Å². The lowest BCUT2D eigenvalue weighted by molar-refractivity contribution is 0.793. The molecular weight excluding hydrogens is 176 g/mol. The molecule has 1 rings (SSSR count). The molecule has 0 saturated heterocycles. The van der Waals surface area contributed by atoms with Crippen LogP contribution >= 0.6 is 0 Å². The Hall–Kier alpha value is -1.60. The van der Waals surface area contributed by atoms with E-state index in [4.69, 9.17) is 11.0 Å². The topological polar surface area (TPSA) is 65.9 Å². The van der Waals surface area contributed by atoms with Crippen LogP contribution in [-0.4, -0.2) is 25.1 Å². The molecule has 74 valence electrons. The van der Waals surface area contributed by atoms with Gasteiger partial charge in [-0.2, -0.15) is 5.26 Å². The number of nitrogens with two attached hydrogens (primary N) is 1. The maximum Gasteiger partial charge on any atom is 0.101 e. The summed E-state index contributed by atoms with van der Waals surface area (Å²) >= 11 is 0. The first-order chi connectivity index (χ1) is 6.79. The second kappa shape index (κ2) is 5.20. The molecule has 4 heteroatoms. The summed E-state index contributed by atoms with van der Waals surface area (Å²) < 4.78 is 0. The molecule has 0 aliphatic heterocycles. The Kier molecular flexibility index (Phi) is 3.89. The van der Waals surface area contributed by atoms with E-state index in [2.05, 4.69) is 11.1 Å². The molecule has 0 saturated carbocycles. The predicted molar refractivity (Wildman–Crippen MR) is 55.9 cm³/mol. The highest BCUT2D eigenvalue weighted by Crippen LogP contribution is 2.16. The first-order valence-electron chi connectivity index (χ1n) is 4.55. The first kappa shape index (κ1) is 10.5. The van der Waals surface area contributed by atoms with Crippen molar-refractivity contribution in [2.75, 3.05) is 25.0 Å². The van der Waals surface area contributed by atoms with Crippen LogP contribution in [0.3, 0.4) is 0 Å². The molecule has 1 heterocycles. The fraction of sp³-hybridized carbons (Fsp3) is 0.400. The smallest absolute Gasteiger partial charge is 0.101 e. The summed E-state index contributed by atoms with van der Waals surface area (Å²) in [7, 11) is 1.94. The average molecular weight is 190 g/mol. The second-order valence-corrected chi connectivity index (χ2v) is 3.07. The SMILES string of the molecule is CN(CCCN)c1cnccc1C#N. The Bertz CT molecular complexity index is 329. The number of pyridine rings is 1. The van der Waals surface area contributed by atoms with Gasteiger partial charge in [0.15, 0.2) is 0 Å². The van der Waals surface area contributed by atoms with Crippen molar-refractivity contribution in [2.24, 2.45) is 5.73 Å². The van der Waals surface area contributed by atoms with Crippen LogP contribution in [0.25, 0.3) is 0 Å². The van der Waals surface area contributed by atoms with Gasteiger partial charge in [-0.05, 0) is 19.0 Å². The van der Waals surface area contributed by atoms with E-state index in [1.807, 2.05) is 11.9 Å². The van der Waals surface area contributed by atoms with Crippen LogP contribution in [0, 0.1) is 11.3 Å². The fourth-order valence-electron chi connectivity index (χ4n) is 1.23. The summed E-state index contributed by atoms with van der Waals surface area (Å²) in [5.41, 5.74) is 6.93. The van der Waals surface area contributed by atoms with Crippen molar-refractivity contribution in [1.82, 2.24) is 4.98 Å². The predicted octanol–water partition coefficient (Wildman–Crippen LogP) is 0.738. The third kappa shape index (κ3) is 2.44. The van der Waals surface area contributed by atoms with Gasteiger partial charge in [0.1, 0.15) is 6.07 Å². The zero-order valence-electron chi connectivity index (χ0n) is 8.27. The molecule has 0 atom stereocenters. The molecule has 0 bridgehead atoms. The zero-order chi connectivity index (χ0) is 10.4. The lowest BCUT2D eigenvalue weighted by atomic mass is 10.2. The molecule has 0 spiro atoms. The molecule has 0 fully saturated rings. The van der Waals surface area contributed by atoms with Crippen molar-refractivity contribution in [2.45, 2.75) is 6.42 Å².